The Morgan fingerprint density at radius 1 is 1.16 bits per heavy atom. The molecule has 0 spiro atoms. The summed E-state index contributed by atoms with van der Waals surface area (Å²) >= 11 is 1.50. The van der Waals surface area contributed by atoms with E-state index in [1.54, 1.807) is 6.92 Å². The summed E-state index contributed by atoms with van der Waals surface area (Å²) in [6, 6.07) is 8.93. The van der Waals surface area contributed by atoms with Gasteiger partial charge in [0.25, 0.3) is 0 Å². The molecule has 0 aliphatic carbocycles. The number of carbonyl (C=O) groups excluding carboxylic acids is 1. The second kappa shape index (κ2) is 10.9. The molecule has 2 aromatic carbocycles. The summed E-state index contributed by atoms with van der Waals surface area (Å²) < 4.78 is 49.3. The third-order valence-electron chi connectivity index (χ3n) is 5.94. The van der Waals surface area contributed by atoms with E-state index < -0.39 is 11.7 Å². The van der Waals surface area contributed by atoms with Gasteiger partial charge in [-0.25, -0.2) is 4.98 Å². The van der Waals surface area contributed by atoms with Crippen LogP contribution in [0.3, 0.4) is 0 Å². The minimum atomic E-state index is -4.37. The van der Waals surface area contributed by atoms with Crippen molar-refractivity contribution in [2.75, 3.05) is 18.5 Å². The number of nitrogens with one attached hydrogen (secondary N) is 1. The first-order chi connectivity index (χ1) is 17.6. The molecule has 196 valence electrons. The van der Waals surface area contributed by atoms with Crippen molar-refractivity contribution in [3.63, 3.8) is 0 Å². The number of aromatic nitrogens is 2. The van der Waals surface area contributed by atoms with Crippen LogP contribution in [-0.4, -0.2) is 29.3 Å². The molecule has 37 heavy (non-hydrogen) atoms. The molecule has 0 saturated carbocycles. The van der Waals surface area contributed by atoms with Gasteiger partial charge in [-0.3, -0.25) is 4.79 Å². The van der Waals surface area contributed by atoms with E-state index in [4.69, 9.17) is 14.2 Å². The first-order valence-electron chi connectivity index (χ1n) is 12.0. The van der Waals surface area contributed by atoms with Crippen LogP contribution in [-0.2, 0) is 28.5 Å². The van der Waals surface area contributed by atoms with Crippen molar-refractivity contribution in [2.24, 2.45) is 0 Å². The zero-order valence-corrected chi connectivity index (χ0v) is 21.8. The summed E-state index contributed by atoms with van der Waals surface area (Å²) in [5, 5.41) is 8.95. The zero-order chi connectivity index (χ0) is 26.7. The second-order valence-electron chi connectivity index (χ2n) is 9.01. The first kappa shape index (κ1) is 26.7. The van der Waals surface area contributed by atoms with Crippen LogP contribution < -0.4 is 5.32 Å². The van der Waals surface area contributed by atoms with Crippen LogP contribution in [0.4, 0.5) is 18.9 Å². The number of hydrogen-bond donors (Lipinski definition) is 1. The number of esters is 1. The topological polar surface area (TPSA) is 77.2 Å². The number of ether oxygens (including phenoxy) is 1. The number of halogens is 3. The molecule has 0 amide bonds. The molecule has 0 aliphatic rings. The van der Waals surface area contributed by atoms with Crippen LogP contribution in [0.5, 0.6) is 0 Å². The number of aryl methyl sites for hydroxylation is 3. The summed E-state index contributed by atoms with van der Waals surface area (Å²) in [6.45, 7) is 8.20. The molecule has 4 rings (SSSR count). The van der Waals surface area contributed by atoms with Gasteiger partial charge in [-0.05, 0) is 56.4 Å². The highest BCUT2D eigenvalue weighted by Gasteiger charge is 2.30. The molecule has 0 bridgehead atoms. The molecular formula is C27H28F3N3O3S. The number of thiazole rings is 1. The van der Waals surface area contributed by atoms with Crippen LogP contribution in [0.15, 0.2) is 40.9 Å². The molecular weight excluding hydrogens is 503 g/mol. The molecule has 0 unspecified atom stereocenters. The van der Waals surface area contributed by atoms with E-state index in [2.05, 4.69) is 24.3 Å². The number of anilines is 1. The lowest BCUT2D eigenvalue weighted by Crippen LogP contribution is -2.17. The maximum atomic E-state index is 12.9. The van der Waals surface area contributed by atoms with Crippen LogP contribution in [0, 0.1) is 6.92 Å². The molecule has 4 aromatic rings. The summed E-state index contributed by atoms with van der Waals surface area (Å²) in [6.07, 6.45) is -3.07. The molecule has 0 aliphatic heterocycles. The van der Waals surface area contributed by atoms with Crippen molar-refractivity contribution in [1.82, 2.24) is 10.1 Å². The Hall–Kier alpha value is -3.40. The lowest BCUT2D eigenvalue weighted by Gasteiger charge is -2.09. The van der Waals surface area contributed by atoms with Gasteiger partial charge >= 0.3 is 12.1 Å². The Morgan fingerprint density at radius 2 is 1.89 bits per heavy atom. The molecule has 2 aromatic heterocycles. The van der Waals surface area contributed by atoms with E-state index in [9.17, 15) is 18.0 Å². The van der Waals surface area contributed by atoms with Gasteiger partial charge < -0.3 is 14.6 Å². The minimum absolute atomic E-state index is 0.0613. The van der Waals surface area contributed by atoms with E-state index in [1.807, 2.05) is 19.1 Å². The van der Waals surface area contributed by atoms with Crippen molar-refractivity contribution >= 4 is 34.0 Å². The molecule has 0 fully saturated rings. The largest absolute Gasteiger partial charge is 0.465 e. The Morgan fingerprint density at radius 3 is 2.54 bits per heavy atom. The summed E-state index contributed by atoms with van der Waals surface area (Å²) in [5.74, 6) is -0.166. The number of fused-ring (bicyclic) bond motifs is 1. The third-order valence-corrected chi connectivity index (χ3v) is 7.12. The molecule has 0 atom stereocenters. The summed E-state index contributed by atoms with van der Waals surface area (Å²) in [4.78, 5) is 17.5. The summed E-state index contributed by atoms with van der Waals surface area (Å²) in [5.41, 5.74) is 4.08. The smallest absolute Gasteiger partial charge is 0.416 e. The van der Waals surface area contributed by atoms with Gasteiger partial charge in [-0.1, -0.05) is 31.1 Å². The highest BCUT2D eigenvalue weighted by atomic mass is 32.1. The maximum absolute atomic E-state index is 12.9. The predicted molar refractivity (Wildman–Crippen MR) is 138 cm³/mol. The fraction of sp³-hybridized carbons (Fsp3) is 0.370. The Labute approximate surface area is 216 Å². The van der Waals surface area contributed by atoms with Gasteiger partial charge in [0.15, 0.2) is 5.58 Å². The first-order valence-corrected chi connectivity index (χ1v) is 12.8. The third kappa shape index (κ3) is 6.12. The number of carbonyl (C=O) groups is 1. The van der Waals surface area contributed by atoms with Crippen LogP contribution in [0.2, 0.25) is 0 Å². The van der Waals surface area contributed by atoms with Crippen molar-refractivity contribution in [3.05, 3.63) is 63.8 Å². The normalized spacial score (nSPS) is 11.9. The van der Waals surface area contributed by atoms with Gasteiger partial charge in [0.1, 0.15) is 11.6 Å². The van der Waals surface area contributed by atoms with Crippen molar-refractivity contribution in [2.45, 2.75) is 52.6 Å². The van der Waals surface area contributed by atoms with E-state index in [0.717, 1.165) is 45.0 Å². The van der Waals surface area contributed by atoms with Crippen molar-refractivity contribution in [1.29, 1.82) is 0 Å². The monoisotopic (exact) mass is 531 g/mol. The van der Waals surface area contributed by atoms with Gasteiger partial charge in [-0.2, -0.15) is 13.2 Å². The lowest BCUT2D eigenvalue weighted by atomic mass is 10.0. The molecule has 0 saturated heterocycles. The van der Waals surface area contributed by atoms with Crippen LogP contribution >= 0.6 is 11.3 Å². The van der Waals surface area contributed by atoms with E-state index in [-0.39, 0.29) is 18.4 Å². The standard InChI is InChI=1S/C27H28F3N3O3S/c1-5-35-24(34)14-31-21-13-22-19(12-16(21)4)20(33-36-22)10-11-23-25(15(2)3)32-26(37-23)17-6-8-18(9-7-17)27(28,29)30/h6-9,12-13,15,31H,5,10-11,14H2,1-4H3. The van der Waals surface area contributed by atoms with E-state index in [0.29, 0.717) is 35.6 Å². The molecule has 0 radical (unpaired) electrons. The number of benzene rings is 2. The highest BCUT2D eigenvalue weighted by Crippen LogP contribution is 2.36. The van der Waals surface area contributed by atoms with Crippen molar-refractivity contribution in [3.8, 4) is 10.6 Å². The molecule has 10 heteroatoms. The fourth-order valence-electron chi connectivity index (χ4n) is 4.04. The highest BCUT2D eigenvalue weighted by molar-refractivity contribution is 7.15. The van der Waals surface area contributed by atoms with Crippen LogP contribution in [0.25, 0.3) is 21.5 Å². The quantitative estimate of drug-likeness (QED) is 0.231. The fourth-order valence-corrected chi connectivity index (χ4v) is 5.27. The molecule has 2 heterocycles. The molecule has 6 nitrogen and oxygen atoms in total. The summed E-state index contributed by atoms with van der Waals surface area (Å²) in [7, 11) is 0. The second-order valence-corrected chi connectivity index (χ2v) is 10.1. The van der Waals surface area contributed by atoms with Gasteiger partial charge in [0.2, 0.25) is 0 Å². The Balaban J connectivity index is 1.52. The predicted octanol–water partition coefficient (Wildman–Crippen LogP) is 7.16. The molecule has 1 N–H and O–H groups in total. The van der Waals surface area contributed by atoms with Gasteiger partial charge in [0, 0.05) is 27.6 Å². The van der Waals surface area contributed by atoms with Crippen molar-refractivity contribution < 1.29 is 27.2 Å². The average Bonchev–Trinajstić information content (AvgIpc) is 3.45. The number of alkyl halides is 3. The Kier molecular flexibility index (Phi) is 7.87. The van der Waals surface area contributed by atoms with Crippen LogP contribution in [0.1, 0.15) is 54.1 Å². The number of nitrogens with zero attached hydrogens (tertiary/aromatic N) is 2. The SMILES string of the molecule is CCOC(=O)CNc1cc2onc(CCc3sc(-c4ccc(C(F)(F)F)cc4)nc3C(C)C)c2cc1C. The van der Waals surface area contributed by atoms with Gasteiger partial charge in [-0.15, -0.1) is 11.3 Å². The zero-order valence-electron chi connectivity index (χ0n) is 21.0. The maximum Gasteiger partial charge on any atom is 0.416 e. The lowest BCUT2D eigenvalue weighted by molar-refractivity contribution is -0.141. The Bertz CT molecular complexity index is 1390. The minimum Gasteiger partial charge on any atom is -0.465 e. The van der Waals surface area contributed by atoms with E-state index in [1.165, 1.54) is 23.5 Å². The van der Waals surface area contributed by atoms with E-state index >= 15 is 0 Å². The van der Waals surface area contributed by atoms with Gasteiger partial charge in [0.05, 0.1) is 23.6 Å². The number of hydrogen-bond acceptors (Lipinski definition) is 7. The average molecular weight is 532 g/mol. The number of rotatable bonds is 9.